The van der Waals surface area contributed by atoms with Crippen LogP contribution in [-0.4, -0.2) is 35.0 Å². The van der Waals surface area contributed by atoms with E-state index in [1.54, 1.807) is 6.07 Å². The number of halogens is 3. The van der Waals surface area contributed by atoms with Gasteiger partial charge in [0.05, 0.1) is 0 Å². The van der Waals surface area contributed by atoms with Gasteiger partial charge in [0.2, 0.25) is 12.7 Å². The number of rotatable bonds is 4. The van der Waals surface area contributed by atoms with Crippen molar-refractivity contribution in [2.75, 3.05) is 30.1 Å². The minimum Gasteiger partial charge on any atom is -0.454 e. The standard InChI is InChI=1S/C20H22F3N5O2S/c1-12-3-2-6-28(10-12)17-8-16(20(21,22)23)25-18(26-17)27-19(31)24-9-13-4-5-14-15(7-13)30-11-29-14/h4-5,7-8,12H,2-3,6,9-11H2,1H3,(H2,24,25,26,27,31). The quantitative estimate of drug-likeness (QED) is 0.675. The lowest BCUT2D eigenvalue weighted by Gasteiger charge is -2.32. The molecule has 2 N–H and O–H groups in total. The highest BCUT2D eigenvalue weighted by Crippen LogP contribution is 2.33. The molecule has 0 bridgehead atoms. The van der Waals surface area contributed by atoms with Crippen molar-refractivity contribution >= 4 is 29.1 Å². The molecule has 0 spiro atoms. The lowest BCUT2D eigenvalue weighted by atomic mass is 10.0. The molecule has 2 aliphatic heterocycles. The third kappa shape index (κ3) is 5.27. The van der Waals surface area contributed by atoms with Gasteiger partial charge in [0, 0.05) is 25.7 Å². The molecule has 1 aromatic carbocycles. The summed E-state index contributed by atoms with van der Waals surface area (Å²) in [5, 5.41) is 5.76. The van der Waals surface area contributed by atoms with Crippen molar-refractivity contribution in [2.24, 2.45) is 5.92 Å². The number of hydrogen-bond acceptors (Lipinski definition) is 6. The van der Waals surface area contributed by atoms with Crippen LogP contribution in [0.5, 0.6) is 11.5 Å². The Hall–Kier alpha value is -2.82. The maximum Gasteiger partial charge on any atom is 0.433 e. The molecule has 3 heterocycles. The van der Waals surface area contributed by atoms with E-state index in [0.717, 1.165) is 24.5 Å². The van der Waals surface area contributed by atoms with Gasteiger partial charge in [-0.05, 0) is 48.7 Å². The summed E-state index contributed by atoms with van der Waals surface area (Å²) >= 11 is 5.24. The van der Waals surface area contributed by atoms with Gasteiger partial charge in [0.25, 0.3) is 0 Å². The van der Waals surface area contributed by atoms with Crippen LogP contribution in [0.2, 0.25) is 0 Å². The van der Waals surface area contributed by atoms with Gasteiger partial charge >= 0.3 is 6.18 Å². The van der Waals surface area contributed by atoms with Crippen LogP contribution in [0.1, 0.15) is 31.0 Å². The fraction of sp³-hybridized carbons (Fsp3) is 0.450. The summed E-state index contributed by atoms with van der Waals surface area (Å²) in [6.45, 7) is 3.91. The Morgan fingerprint density at radius 2 is 2.03 bits per heavy atom. The molecular formula is C20H22F3N5O2S. The van der Waals surface area contributed by atoms with E-state index in [1.165, 1.54) is 0 Å². The molecular weight excluding hydrogens is 431 g/mol. The van der Waals surface area contributed by atoms with Gasteiger partial charge in [-0.1, -0.05) is 13.0 Å². The van der Waals surface area contributed by atoms with Crippen molar-refractivity contribution in [3.8, 4) is 11.5 Å². The van der Waals surface area contributed by atoms with Gasteiger partial charge in [-0.15, -0.1) is 0 Å². The SMILES string of the molecule is CC1CCCN(c2cc(C(F)(F)F)nc(NC(=S)NCc3ccc4c(c3)OCO4)n2)C1. The maximum absolute atomic E-state index is 13.4. The monoisotopic (exact) mass is 453 g/mol. The number of hydrogen-bond donors (Lipinski definition) is 2. The van der Waals surface area contributed by atoms with Crippen LogP contribution < -0.4 is 25.0 Å². The Bertz CT molecular complexity index is 972. The average molecular weight is 453 g/mol. The number of anilines is 2. The molecule has 1 unspecified atom stereocenters. The van der Waals surface area contributed by atoms with Gasteiger partial charge in [0.1, 0.15) is 5.82 Å². The molecule has 166 valence electrons. The van der Waals surface area contributed by atoms with Gasteiger partial charge in [-0.2, -0.15) is 18.2 Å². The largest absolute Gasteiger partial charge is 0.454 e. The highest BCUT2D eigenvalue weighted by atomic mass is 32.1. The second-order valence-corrected chi connectivity index (χ2v) is 8.03. The number of nitrogens with zero attached hydrogens (tertiary/aromatic N) is 3. The zero-order chi connectivity index (χ0) is 22.0. The highest BCUT2D eigenvalue weighted by Gasteiger charge is 2.34. The van der Waals surface area contributed by atoms with Crippen LogP contribution in [0.25, 0.3) is 0 Å². The molecule has 31 heavy (non-hydrogen) atoms. The first-order valence-electron chi connectivity index (χ1n) is 9.92. The molecule has 1 aromatic heterocycles. The van der Waals surface area contributed by atoms with Crippen LogP contribution in [0, 0.1) is 5.92 Å². The Morgan fingerprint density at radius 1 is 1.23 bits per heavy atom. The number of thiocarbonyl (C=S) groups is 1. The molecule has 0 amide bonds. The summed E-state index contributed by atoms with van der Waals surface area (Å²) in [4.78, 5) is 9.77. The predicted molar refractivity (Wildman–Crippen MR) is 113 cm³/mol. The molecule has 1 saturated heterocycles. The number of ether oxygens (including phenoxy) is 2. The van der Waals surface area contributed by atoms with E-state index < -0.39 is 11.9 Å². The Balaban J connectivity index is 1.46. The third-order valence-electron chi connectivity index (χ3n) is 5.10. The second kappa shape index (κ2) is 8.74. The summed E-state index contributed by atoms with van der Waals surface area (Å²) in [7, 11) is 0. The molecule has 0 saturated carbocycles. The van der Waals surface area contributed by atoms with Crippen LogP contribution >= 0.6 is 12.2 Å². The smallest absolute Gasteiger partial charge is 0.433 e. The summed E-state index contributed by atoms with van der Waals surface area (Å²) in [5.41, 5.74) is -0.127. The minimum atomic E-state index is -4.59. The van der Waals surface area contributed by atoms with E-state index in [-0.39, 0.29) is 23.7 Å². The van der Waals surface area contributed by atoms with Crippen LogP contribution in [0.4, 0.5) is 24.9 Å². The Labute approximate surface area is 183 Å². The maximum atomic E-state index is 13.4. The summed E-state index contributed by atoms with van der Waals surface area (Å²) in [6, 6.07) is 6.44. The first kappa shape index (κ1) is 21.4. The van der Waals surface area contributed by atoms with Crippen LogP contribution in [0.15, 0.2) is 24.3 Å². The van der Waals surface area contributed by atoms with E-state index >= 15 is 0 Å². The predicted octanol–water partition coefficient (Wildman–Crippen LogP) is 3.95. The fourth-order valence-electron chi connectivity index (χ4n) is 3.57. The molecule has 1 atom stereocenters. The Morgan fingerprint density at radius 3 is 2.81 bits per heavy atom. The molecule has 1 fully saturated rings. The lowest BCUT2D eigenvalue weighted by Crippen LogP contribution is -2.35. The van der Waals surface area contributed by atoms with E-state index in [0.29, 0.717) is 37.1 Å². The normalized spacial score (nSPS) is 18.1. The molecule has 2 aliphatic rings. The molecule has 0 radical (unpaired) electrons. The van der Waals surface area contributed by atoms with Crippen molar-refractivity contribution in [3.63, 3.8) is 0 Å². The van der Waals surface area contributed by atoms with Gasteiger partial charge in [-0.25, -0.2) is 4.98 Å². The Kier molecular flexibility index (Phi) is 6.03. The summed E-state index contributed by atoms with van der Waals surface area (Å²) in [5.74, 6) is 1.75. The number of alkyl halides is 3. The number of benzene rings is 1. The van der Waals surface area contributed by atoms with E-state index in [1.807, 2.05) is 17.0 Å². The van der Waals surface area contributed by atoms with Crippen molar-refractivity contribution < 1.29 is 22.6 Å². The lowest BCUT2D eigenvalue weighted by molar-refractivity contribution is -0.141. The van der Waals surface area contributed by atoms with E-state index in [4.69, 9.17) is 21.7 Å². The van der Waals surface area contributed by atoms with E-state index in [9.17, 15) is 13.2 Å². The number of nitrogens with one attached hydrogen (secondary N) is 2. The molecule has 0 aliphatic carbocycles. The summed E-state index contributed by atoms with van der Waals surface area (Å²) < 4.78 is 50.8. The number of fused-ring (bicyclic) bond motifs is 1. The van der Waals surface area contributed by atoms with Gasteiger partial charge in [0.15, 0.2) is 22.3 Å². The first-order valence-corrected chi connectivity index (χ1v) is 10.3. The minimum absolute atomic E-state index is 0.120. The first-order chi connectivity index (χ1) is 14.8. The number of aromatic nitrogens is 2. The molecule has 7 nitrogen and oxygen atoms in total. The zero-order valence-corrected chi connectivity index (χ0v) is 17.6. The number of piperidine rings is 1. The average Bonchev–Trinajstić information content (AvgIpc) is 3.19. The fourth-order valence-corrected chi connectivity index (χ4v) is 3.74. The van der Waals surface area contributed by atoms with Crippen molar-refractivity contribution in [3.05, 3.63) is 35.5 Å². The van der Waals surface area contributed by atoms with Gasteiger partial charge < -0.3 is 25.0 Å². The highest BCUT2D eigenvalue weighted by molar-refractivity contribution is 7.80. The third-order valence-corrected chi connectivity index (χ3v) is 5.35. The molecule has 2 aromatic rings. The molecule has 4 rings (SSSR count). The topological polar surface area (TPSA) is 71.5 Å². The van der Waals surface area contributed by atoms with Gasteiger partial charge in [-0.3, -0.25) is 0 Å². The summed E-state index contributed by atoms with van der Waals surface area (Å²) in [6.07, 6.45) is -2.63. The van der Waals surface area contributed by atoms with E-state index in [2.05, 4.69) is 27.5 Å². The van der Waals surface area contributed by atoms with Crippen LogP contribution in [0.3, 0.4) is 0 Å². The zero-order valence-electron chi connectivity index (χ0n) is 16.8. The van der Waals surface area contributed by atoms with Crippen molar-refractivity contribution in [2.45, 2.75) is 32.5 Å². The van der Waals surface area contributed by atoms with Crippen molar-refractivity contribution in [1.82, 2.24) is 15.3 Å². The molecule has 11 heteroatoms. The van der Waals surface area contributed by atoms with Crippen LogP contribution in [-0.2, 0) is 12.7 Å². The second-order valence-electron chi connectivity index (χ2n) is 7.62. The van der Waals surface area contributed by atoms with Crippen molar-refractivity contribution in [1.29, 1.82) is 0 Å².